The number of amides is 3. The van der Waals surface area contributed by atoms with Crippen LogP contribution in [-0.4, -0.2) is 36.9 Å². The van der Waals surface area contributed by atoms with Gasteiger partial charge in [-0.15, -0.1) is 0 Å². The van der Waals surface area contributed by atoms with E-state index in [2.05, 4.69) is 21.3 Å². The molecule has 1 unspecified atom stereocenters. The second-order valence-electron chi connectivity index (χ2n) is 7.10. The molecule has 0 fully saturated rings. The zero-order valence-corrected chi connectivity index (χ0v) is 17.7. The van der Waals surface area contributed by atoms with Crippen molar-refractivity contribution in [3.63, 3.8) is 0 Å². The Labute approximate surface area is 177 Å². The van der Waals surface area contributed by atoms with Gasteiger partial charge in [-0.05, 0) is 56.2 Å². The topological polar surface area (TPSA) is 99.3 Å². The number of nitrogens with one attached hydrogen (secondary N) is 4. The maximum atomic E-state index is 12.3. The average Bonchev–Trinajstić information content (AvgIpc) is 2.76. The van der Waals surface area contributed by atoms with Gasteiger partial charge in [0.1, 0.15) is 0 Å². The third-order valence-corrected chi connectivity index (χ3v) is 4.51. The molecule has 0 bridgehead atoms. The molecule has 0 saturated carbocycles. The Morgan fingerprint density at radius 2 is 1.53 bits per heavy atom. The molecule has 30 heavy (non-hydrogen) atoms. The fourth-order valence-electron chi connectivity index (χ4n) is 2.65. The van der Waals surface area contributed by atoms with Crippen molar-refractivity contribution >= 4 is 29.1 Å². The number of benzene rings is 2. The molecule has 3 amide bonds. The lowest BCUT2D eigenvalue weighted by Gasteiger charge is -2.13. The van der Waals surface area contributed by atoms with Crippen LogP contribution in [-0.2, 0) is 4.79 Å². The van der Waals surface area contributed by atoms with Crippen LogP contribution in [0.4, 0.5) is 11.4 Å². The molecule has 7 nitrogen and oxygen atoms in total. The van der Waals surface area contributed by atoms with Crippen LogP contribution in [0.3, 0.4) is 0 Å². The summed E-state index contributed by atoms with van der Waals surface area (Å²) in [6, 6.07) is 13.9. The molecule has 0 aromatic heterocycles. The van der Waals surface area contributed by atoms with Gasteiger partial charge in [0.15, 0.2) is 0 Å². The van der Waals surface area contributed by atoms with Gasteiger partial charge in [0, 0.05) is 35.1 Å². The lowest BCUT2D eigenvalue weighted by atomic mass is 10.1. The number of carbonyl (C=O) groups excluding carboxylic acids is 3. The second kappa shape index (κ2) is 11.6. The molecule has 0 aliphatic carbocycles. The van der Waals surface area contributed by atoms with Crippen LogP contribution in [0.5, 0.6) is 0 Å². The van der Waals surface area contributed by atoms with Crippen LogP contribution in [0.15, 0.2) is 48.5 Å². The second-order valence-corrected chi connectivity index (χ2v) is 7.10. The zero-order valence-electron chi connectivity index (χ0n) is 17.7. The first-order valence-corrected chi connectivity index (χ1v) is 10.3. The fraction of sp³-hybridized carbons (Fsp3) is 0.348. The van der Waals surface area contributed by atoms with Crippen molar-refractivity contribution in [1.82, 2.24) is 10.6 Å². The van der Waals surface area contributed by atoms with Crippen LogP contribution in [0.1, 0.15) is 54.3 Å². The number of hydrogen-bond donors (Lipinski definition) is 4. The molecule has 2 aromatic rings. The van der Waals surface area contributed by atoms with Crippen LogP contribution >= 0.6 is 0 Å². The summed E-state index contributed by atoms with van der Waals surface area (Å²) in [5.41, 5.74) is 2.25. The smallest absolute Gasteiger partial charge is 0.251 e. The van der Waals surface area contributed by atoms with E-state index in [1.807, 2.05) is 20.8 Å². The fourth-order valence-corrected chi connectivity index (χ4v) is 2.65. The number of rotatable bonds is 10. The summed E-state index contributed by atoms with van der Waals surface area (Å²) in [5, 5.41) is 11.5. The molecule has 2 rings (SSSR count). The van der Waals surface area contributed by atoms with E-state index in [0.717, 1.165) is 12.8 Å². The molecule has 1 atom stereocenters. The van der Waals surface area contributed by atoms with Crippen LogP contribution in [0.25, 0.3) is 0 Å². The first kappa shape index (κ1) is 22.9. The third kappa shape index (κ3) is 7.24. The van der Waals surface area contributed by atoms with Gasteiger partial charge in [-0.1, -0.05) is 26.0 Å². The van der Waals surface area contributed by atoms with Gasteiger partial charge < -0.3 is 21.3 Å². The standard InChI is InChI=1S/C23H30N4O3/c1-4-12-24-22(29)17-8-6-10-19(13-17)25-15-21(28)27-20-11-7-9-18(14-20)23(30)26-16(3)5-2/h6-11,13-14,16,25H,4-5,12,15H2,1-3H3,(H,24,29)(H,26,30)(H,27,28). The minimum absolute atomic E-state index is 0.0311. The van der Waals surface area contributed by atoms with Crippen molar-refractivity contribution in [1.29, 1.82) is 0 Å². The highest BCUT2D eigenvalue weighted by molar-refractivity contribution is 5.98. The Kier molecular flexibility index (Phi) is 8.87. The molecule has 0 spiro atoms. The Morgan fingerprint density at radius 3 is 2.20 bits per heavy atom. The van der Waals surface area contributed by atoms with Crippen molar-refractivity contribution in [2.24, 2.45) is 0 Å². The molecule has 160 valence electrons. The molecule has 0 saturated heterocycles. The lowest BCUT2D eigenvalue weighted by molar-refractivity contribution is -0.114. The maximum Gasteiger partial charge on any atom is 0.251 e. The monoisotopic (exact) mass is 410 g/mol. The SMILES string of the molecule is CCCNC(=O)c1cccc(NCC(=O)Nc2cccc(C(=O)NC(C)CC)c2)c1. The van der Waals surface area contributed by atoms with Gasteiger partial charge in [0.05, 0.1) is 6.54 Å². The Bertz CT molecular complexity index is 882. The Morgan fingerprint density at radius 1 is 0.900 bits per heavy atom. The van der Waals surface area contributed by atoms with Crippen molar-refractivity contribution < 1.29 is 14.4 Å². The number of carbonyl (C=O) groups is 3. The van der Waals surface area contributed by atoms with E-state index in [1.54, 1.807) is 48.5 Å². The number of hydrogen-bond acceptors (Lipinski definition) is 4. The third-order valence-electron chi connectivity index (χ3n) is 4.51. The van der Waals surface area contributed by atoms with Crippen LogP contribution in [0, 0.1) is 0 Å². The molecule has 0 heterocycles. The maximum absolute atomic E-state index is 12.3. The predicted octanol–water partition coefficient (Wildman–Crippen LogP) is 3.41. The average molecular weight is 411 g/mol. The Balaban J connectivity index is 1.91. The number of anilines is 2. The van der Waals surface area contributed by atoms with Crippen molar-refractivity contribution in [3.8, 4) is 0 Å². The summed E-state index contributed by atoms with van der Waals surface area (Å²) in [5.74, 6) is -0.565. The van der Waals surface area contributed by atoms with Crippen molar-refractivity contribution in [2.75, 3.05) is 23.7 Å². The molecule has 4 N–H and O–H groups in total. The molecule has 0 aliphatic rings. The van der Waals surface area contributed by atoms with E-state index < -0.39 is 0 Å². The Hall–Kier alpha value is -3.35. The van der Waals surface area contributed by atoms with Gasteiger partial charge in [-0.2, -0.15) is 0 Å². The van der Waals surface area contributed by atoms with E-state index in [-0.39, 0.29) is 30.3 Å². The van der Waals surface area contributed by atoms with E-state index in [1.165, 1.54) is 0 Å². The summed E-state index contributed by atoms with van der Waals surface area (Å²) in [6.45, 7) is 6.58. The quantitative estimate of drug-likeness (QED) is 0.482. The minimum Gasteiger partial charge on any atom is -0.376 e. The van der Waals surface area contributed by atoms with Gasteiger partial charge in [0.2, 0.25) is 5.91 Å². The summed E-state index contributed by atoms with van der Waals surface area (Å²) < 4.78 is 0. The molecular formula is C23H30N4O3. The van der Waals surface area contributed by atoms with Gasteiger partial charge in [0.25, 0.3) is 11.8 Å². The molecule has 0 aliphatic heterocycles. The van der Waals surface area contributed by atoms with Crippen LogP contribution in [0.2, 0.25) is 0 Å². The van der Waals surface area contributed by atoms with E-state index in [0.29, 0.717) is 29.0 Å². The van der Waals surface area contributed by atoms with E-state index in [9.17, 15) is 14.4 Å². The highest BCUT2D eigenvalue weighted by Crippen LogP contribution is 2.13. The summed E-state index contributed by atoms with van der Waals surface area (Å²) in [6.07, 6.45) is 1.71. The first-order chi connectivity index (χ1) is 14.4. The van der Waals surface area contributed by atoms with Gasteiger partial charge in [-0.3, -0.25) is 14.4 Å². The predicted molar refractivity (Wildman–Crippen MR) is 120 cm³/mol. The normalized spacial score (nSPS) is 11.3. The molecule has 0 radical (unpaired) electrons. The first-order valence-electron chi connectivity index (χ1n) is 10.3. The van der Waals surface area contributed by atoms with Crippen LogP contribution < -0.4 is 21.3 Å². The van der Waals surface area contributed by atoms with Crippen molar-refractivity contribution in [2.45, 2.75) is 39.7 Å². The van der Waals surface area contributed by atoms with Gasteiger partial charge in [-0.25, -0.2) is 0 Å². The molecule has 2 aromatic carbocycles. The molecular weight excluding hydrogens is 380 g/mol. The highest BCUT2D eigenvalue weighted by Gasteiger charge is 2.10. The summed E-state index contributed by atoms with van der Waals surface area (Å²) in [4.78, 5) is 36.6. The molecule has 7 heteroatoms. The van der Waals surface area contributed by atoms with E-state index in [4.69, 9.17) is 0 Å². The zero-order chi connectivity index (χ0) is 21.9. The largest absolute Gasteiger partial charge is 0.376 e. The summed E-state index contributed by atoms with van der Waals surface area (Å²) >= 11 is 0. The van der Waals surface area contributed by atoms with Gasteiger partial charge >= 0.3 is 0 Å². The van der Waals surface area contributed by atoms with Crippen molar-refractivity contribution in [3.05, 3.63) is 59.7 Å². The lowest BCUT2D eigenvalue weighted by Crippen LogP contribution is -2.32. The minimum atomic E-state index is -0.254. The highest BCUT2D eigenvalue weighted by atomic mass is 16.2. The summed E-state index contributed by atoms with van der Waals surface area (Å²) in [7, 11) is 0. The van der Waals surface area contributed by atoms with E-state index >= 15 is 0 Å².